The molecule has 2 fully saturated rings. The Hall–Kier alpha value is -1.36. The van der Waals surface area contributed by atoms with Gasteiger partial charge in [-0.05, 0) is 38.3 Å². The van der Waals surface area contributed by atoms with Crippen LogP contribution in [0.25, 0.3) is 0 Å². The normalized spacial score (nSPS) is 24.7. The highest BCUT2D eigenvalue weighted by atomic mass is 32.1. The lowest BCUT2D eigenvalue weighted by Crippen LogP contribution is -2.68. The molecule has 0 aromatic carbocycles. The molecule has 2 aliphatic rings. The number of carbonyl (C=O) groups excluding carboxylic acids is 2. The van der Waals surface area contributed by atoms with Gasteiger partial charge >= 0.3 is 0 Å². The summed E-state index contributed by atoms with van der Waals surface area (Å²) in [5.41, 5.74) is -0.617. The van der Waals surface area contributed by atoms with Crippen LogP contribution < -0.4 is 5.32 Å². The van der Waals surface area contributed by atoms with E-state index in [9.17, 15) is 9.59 Å². The van der Waals surface area contributed by atoms with Crippen LogP contribution in [0.1, 0.15) is 49.3 Å². The standard InChI is InChI=1S/C16H22N2O2S/c1-3-12-6-7-13(21-12)10-18-11(2)14(19)17-16(15(18)20)8-4-5-9-16/h6-7,11H,3-5,8-10H2,1-2H3,(H,17,19). The monoisotopic (exact) mass is 306 g/mol. The molecule has 2 amide bonds. The summed E-state index contributed by atoms with van der Waals surface area (Å²) in [7, 11) is 0. The van der Waals surface area contributed by atoms with E-state index >= 15 is 0 Å². The summed E-state index contributed by atoms with van der Waals surface area (Å²) in [5, 5.41) is 3.00. The second kappa shape index (κ2) is 5.44. The molecule has 1 aliphatic heterocycles. The lowest BCUT2D eigenvalue weighted by molar-refractivity contribution is -0.154. The van der Waals surface area contributed by atoms with Gasteiger partial charge in [-0.25, -0.2) is 0 Å². The lowest BCUT2D eigenvalue weighted by atomic mass is 9.91. The van der Waals surface area contributed by atoms with Gasteiger partial charge in [-0.3, -0.25) is 9.59 Å². The van der Waals surface area contributed by atoms with Crippen molar-refractivity contribution in [3.63, 3.8) is 0 Å². The maximum atomic E-state index is 12.9. The van der Waals surface area contributed by atoms with Crippen molar-refractivity contribution in [3.8, 4) is 0 Å². The summed E-state index contributed by atoms with van der Waals surface area (Å²) in [4.78, 5) is 29.4. The highest BCUT2D eigenvalue weighted by Crippen LogP contribution is 2.35. The molecular weight excluding hydrogens is 284 g/mol. The van der Waals surface area contributed by atoms with E-state index in [1.807, 2.05) is 6.92 Å². The predicted octanol–water partition coefficient (Wildman–Crippen LogP) is 2.47. The second-order valence-corrected chi connectivity index (χ2v) is 7.36. The van der Waals surface area contributed by atoms with Crippen LogP contribution in [0.4, 0.5) is 0 Å². The van der Waals surface area contributed by atoms with E-state index in [2.05, 4.69) is 24.4 Å². The summed E-state index contributed by atoms with van der Waals surface area (Å²) in [6.07, 6.45) is 4.62. The molecule has 1 aromatic heterocycles. The van der Waals surface area contributed by atoms with Crippen LogP contribution in [0.2, 0.25) is 0 Å². The van der Waals surface area contributed by atoms with Gasteiger partial charge in [-0.2, -0.15) is 0 Å². The van der Waals surface area contributed by atoms with Crippen molar-refractivity contribution in [2.75, 3.05) is 0 Å². The molecule has 3 rings (SSSR count). The van der Waals surface area contributed by atoms with Crippen molar-refractivity contribution in [3.05, 3.63) is 21.9 Å². The number of nitrogens with one attached hydrogen (secondary N) is 1. The zero-order valence-corrected chi connectivity index (χ0v) is 13.5. The highest BCUT2D eigenvalue weighted by molar-refractivity contribution is 7.11. The van der Waals surface area contributed by atoms with Crippen LogP contribution in [-0.4, -0.2) is 28.3 Å². The fraction of sp³-hybridized carbons (Fsp3) is 0.625. The third-order valence-electron chi connectivity index (χ3n) is 4.73. The topological polar surface area (TPSA) is 49.4 Å². The van der Waals surface area contributed by atoms with Crippen LogP contribution in [0, 0.1) is 0 Å². The Morgan fingerprint density at radius 3 is 2.57 bits per heavy atom. The first kappa shape index (κ1) is 14.6. The van der Waals surface area contributed by atoms with E-state index < -0.39 is 5.54 Å². The third-order valence-corrected chi connectivity index (χ3v) is 5.94. The molecular formula is C16H22N2O2S. The van der Waals surface area contributed by atoms with Crippen LogP contribution in [0.5, 0.6) is 0 Å². The molecule has 21 heavy (non-hydrogen) atoms. The van der Waals surface area contributed by atoms with Crippen LogP contribution in [0.3, 0.4) is 0 Å². The van der Waals surface area contributed by atoms with E-state index in [0.717, 1.165) is 37.0 Å². The molecule has 1 saturated heterocycles. The molecule has 1 atom stereocenters. The average molecular weight is 306 g/mol. The maximum Gasteiger partial charge on any atom is 0.249 e. The predicted molar refractivity (Wildman–Crippen MR) is 83.1 cm³/mol. The minimum atomic E-state index is -0.617. The number of hydrogen-bond donors (Lipinski definition) is 1. The van der Waals surface area contributed by atoms with Crippen molar-refractivity contribution < 1.29 is 9.59 Å². The molecule has 1 aliphatic carbocycles. The molecule has 1 saturated carbocycles. The Kier molecular flexibility index (Phi) is 3.78. The number of aryl methyl sites for hydroxylation is 1. The zero-order valence-electron chi connectivity index (χ0n) is 12.6. The number of nitrogens with zero attached hydrogens (tertiary/aromatic N) is 1. The number of piperazine rings is 1. The van der Waals surface area contributed by atoms with Gasteiger partial charge in [0, 0.05) is 9.75 Å². The van der Waals surface area contributed by atoms with Crippen molar-refractivity contribution in [2.45, 2.75) is 64.1 Å². The zero-order chi connectivity index (χ0) is 15.0. The molecule has 0 bridgehead atoms. The summed E-state index contributed by atoms with van der Waals surface area (Å²) in [5.74, 6) is 0.0994. The molecule has 5 heteroatoms. The van der Waals surface area contributed by atoms with Gasteiger partial charge in [0.05, 0.1) is 6.54 Å². The minimum absolute atomic E-state index is 0.0104. The fourth-order valence-corrected chi connectivity index (χ4v) is 4.33. The maximum absolute atomic E-state index is 12.9. The number of amides is 2. The molecule has 4 nitrogen and oxygen atoms in total. The minimum Gasteiger partial charge on any atom is -0.340 e. The first-order valence-electron chi connectivity index (χ1n) is 7.76. The van der Waals surface area contributed by atoms with Gasteiger partial charge < -0.3 is 10.2 Å². The Morgan fingerprint density at radius 1 is 1.29 bits per heavy atom. The summed E-state index contributed by atoms with van der Waals surface area (Å²) >= 11 is 1.74. The molecule has 0 radical (unpaired) electrons. The summed E-state index contributed by atoms with van der Waals surface area (Å²) in [6, 6.07) is 3.82. The van der Waals surface area contributed by atoms with Crippen molar-refractivity contribution in [2.24, 2.45) is 0 Å². The first-order valence-corrected chi connectivity index (χ1v) is 8.58. The SMILES string of the molecule is CCc1ccc(CN2C(=O)C3(CCCC3)NC(=O)C2C)s1. The van der Waals surface area contributed by atoms with Gasteiger partial charge in [0.15, 0.2) is 0 Å². The van der Waals surface area contributed by atoms with Gasteiger partial charge in [-0.15, -0.1) is 11.3 Å². The Bertz CT molecular complexity index is 560. The molecule has 1 unspecified atom stereocenters. The average Bonchev–Trinajstić information content (AvgIpc) is 3.11. The fourth-order valence-electron chi connectivity index (χ4n) is 3.38. The summed E-state index contributed by atoms with van der Waals surface area (Å²) < 4.78 is 0. The third kappa shape index (κ3) is 2.48. The lowest BCUT2D eigenvalue weighted by Gasteiger charge is -2.43. The van der Waals surface area contributed by atoms with Crippen molar-refractivity contribution in [1.29, 1.82) is 0 Å². The molecule has 114 valence electrons. The van der Waals surface area contributed by atoms with Crippen molar-refractivity contribution >= 4 is 23.2 Å². The second-order valence-electron chi connectivity index (χ2n) is 6.11. The smallest absolute Gasteiger partial charge is 0.249 e. The van der Waals surface area contributed by atoms with Crippen LogP contribution in [-0.2, 0) is 22.6 Å². The van der Waals surface area contributed by atoms with E-state index in [4.69, 9.17) is 0 Å². The van der Waals surface area contributed by atoms with Crippen LogP contribution in [0.15, 0.2) is 12.1 Å². The first-order chi connectivity index (χ1) is 10.1. The summed E-state index contributed by atoms with van der Waals surface area (Å²) in [6.45, 7) is 4.51. The van der Waals surface area contributed by atoms with Crippen LogP contribution >= 0.6 is 11.3 Å². The Balaban J connectivity index is 1.84. The number of thiophene rings is 1. The molecule has 1 spiro atoms. The number of rotatable bonds is 3. The van der Waals surface area contributed by atoms with Gasteiger partial charge in [0.2, 0.25) is 11.8 Å². The number of carbonyl (C=O) groups is 2. The number of hydrogen-bond acceptors (Lipinski definition) is 3. The molecule has 1 aromatic rings. The van der Waals surface area contributed by atoms with Crippen molar-refractivity contribution in [1.82, 2.24) is 10.2 Å². The molecule has 2 heterocycles. The van der Waals surface area contributed by atoms with E-state index in [-0.39, 0.29) is 17.9 Å². The Labute approximate surface area is 129 Å². The van der Waals surface area contributed by atoms with E-state index in [1.165, 1.54) is 4.88 Å². The van der Waals surface area contributed by atoms with Gasteiger partial charge in [-0.1, -0.05) is 19.8 Å². The molecule has 1 N–H and O–H groups in total. The quantitative estimate of drug-likeness (QED) is 0.932. The highest BCUT2D eigenvalue weighted by Gasteiger charge is 2.50. The van der Waals surface area contributed by atoms with Gasteiger partial charge in [0.1, 0.15) is 11.6 Å². The van der Waals surface area contributed by atoms with Gasteiger partial charge in [0.25, 0.3) is 0 Å². The van der Waals surface area contributed by atoms with E-state index in [1.54, 1.807) is 16.2 Å². The largest absolute Gasteiger partial charge is 0.340 e. The Morgan fingerprint density at radius 2 is 1.95 bits per heavy atom. The van der Waals surface area contributed by atoms with E-state index in [0.29, 0.717) is 6.54 Å².